The van der Waals surface area contributed by atoms with E-state index in [0.29, 0.717) is 0 Å². The second-order valence-corrected chi connectivity index (χ2v) is 12.8. The standard InChI is InChI=1S/2C15H21N3.4C2H6B.4C2H6.2CH4/c2*1-2-7-14-16-13-9-6-8-12(13)15(17-14)18-10-4-3-5-11-18;4*1-3-2;4*1-2;;/h6,9H,2-5,7-8,10-11H2,1H3;6,8H,2-5,7,9-11H2,1H3;4*1-2H3;4*1-2H3;2*1H4. The molecule has 10 heteroatoms. The molecular weight excluding hydrogens is 704 g/mol. The van der Waals surface area contributed by atoms with Crippen LogP contribution in [0.4, 0.5) is 11.6 Å². The molecule has 0 amide bonds. The lowest BCUT2D eigenvalue weighted by atomic mass is 9.88. The second kappa shape index (κ2) is 50.6. The Balaban J connectivity index is -0.000000158. The van der Waals surface area contributed by atoms with Crippen LogP contribution in [0.2, 0.25) is 54.6 Å². The number of fused-ring (bicyclic) bond motifs is 2. The van der Waals surface area contributed by atoms with E-state index in [9.17, 15) is 0 Å². The molecule has 4 aliphatic rings. The molecule has 0 aromatic carbocycles. The molecule has 0 unspecified atom stereocenters. The monoisotopic (exact) mass is 803 g/mol. The summed E-state index contributed by atoms with van der Waals surface area (Å²) < 4.78 is 0. The summed E-state index contributed by atoms with van der Waals surface area (Å²) in [5.74, 6) is 4.45. The van der Waals surface area contributed by atoms with Crippen LogP contribution in [0.5, 0.6) is 0 Å². The van der Waals surface area contributed by atoms with E-state index in [4.69, 9.17) is 15.0 Å². The molecule has 2 saturated heterocycles. The summed E-state index contributed by atoms with van der Waals surface area (Å²) in [7, 11) is 8.00. The van der Waals surface area contributed by atoms with Crippen molar-refractivity contribution in [2.45, 2.75) is 216 Å². The van der Waals surface area contributed by atoms with Crippen LogP contribution >= 0.6 is 0 Å². The van der Waals surface area contributed by atoms with Crippen LogP contribution in [0, 0.1) is 0 Å². The zero-order valence-corrected chi connectivity index (χ0v) is 40.6. The number of aryl methyl sites for hydroxylation is 2. The number of anilines is 2. The minimum atomic E-state index is 0. The lowest BCUT2D eigenvalue weighted by molar-refractivity contribution is 0.570. The van der Waals surface area contributed by atoms with Crippen molar-refractivity contribution in [3.05, 3.63) is 46.3 Å². The molecule has 6 rings (SSSR count). The Labute approximate surface area is 369 Å². The van der Waals surface area contributed by atoms with Gasteiger partial charge in [0.05, 0.1) is 11.4 Å². The van der Waals surface area contributed by atoms with Crippen molar-refractivity contribution >= 4 is 52.9 Å². The highest BCUT2D eigenvalue weighted by molar-refractivity contribution is 6.31. The summed E-state index contributed by atoms with van der Waals surface area (Å²) in [5, 5.41) is 0. The number of rotatable bonds is 6. The van der Waals surface area contributed by atoms with Gasteiger partial charge in [-0.15, -0.1) is 0 Å². The van der Waals surface area contributed by atoms with Gasteiger partial charge in [0.1, 0.15) is 52.4 Å². The zero-order chi connectivity index (χ0) is 43.6. The van der Waals surface area contributed by atoms with Gasteiger partial charge >= 0.3 is 0 Å². The number of allylic oxidation sites excluding steroid dienone is 2. The van der Waals surface area contributed by atoms with Gasteiger partial charge in [-0.1, -0.05) is 157 Å². The highest BCUT2D eigenvalue weighted by Crippen LogP contribution is 2.30. The molecule has 2 aliphatic carbocycles. The second-order valence-electron chi connectivity index (χ2n) is 12.8. The van der Waals surface area contributed by atoms with Crippen molar-refractivity contribution < 1.29 is 0 Å². The average Bonchev–Trinajstić information content (AvgIpc) is 3.93. The van der Waals surface area contributed by atoms with Crippen molar-refractivity contribution in [1.82, 2.24) is 19.9 Å². The van der Waals surface area contributed by atoms with E-state index in [1.165, 1.54) is 67.0 Å². The fourth-order valence-electron chi connectivity index (χ4n) is 5.71. The van der Waals surface area contributed by atoms with Crippen LogP contribution in [0.3, 0.4) is 0 Å². The summed E-state index contributed by atoms with van der Waals surface area (Å²) in [6, 6.07) is 0. The van der Waals surface area contributed by atoms with Gasteiger partial charge < -0.3 is 9.80 Å². The molecule has 58 heavy (non-hydrogen) atoms. The molecule has 0 saturated carbocycles. The third-order valence-corrected chi connectivity index (χ3v) is 7.57. The van der Waals surface area contributed by atoms with Crippen LogP contribution < -0.4 is 9.80 Å². The Hall–Kier alpha value is -2.50. The van der Waals surface area contributed by atoms with E-state index < -0.39 is 0 Å². The van der Waals surface area contributed by atoms with Crippen LogP contribution in [0.15, 0.2) is 12.2 Å². The molecule has 6 nitrogen and oxygen atoms in total. The first-order chi connectivity index (χ1) is 27.4. The smallest absolute Gasteiger partial charge is 0.139 e. The van der Waals surface area contributed by atoms with Gasteiger partial charge in [0.15, 0.2) is 0 Å². The minimum absolute atomic E-state index is 0. The fourth-order valence-corrected chi connectivity index (χ4v) is 5.71. The lowest BCUT2D eigenvalue weighted by Crippen LogP contribution is -2.31. The highest BCUT2D eigenvalue weighted by atomic mass is 15.2. The minimum Gasteiger partial charge on any atom is -0.356 e. The van der Waals surface area contributed by atoms with E-state index in [-0.39, 0.29) is 14.9 Å². The summed E-state index contributed by atoms with van der Waals surface area (Å²) >= 11 is 0. The molecule has 0 atom stereocenters. The molecule has 0 bridgehead atoms. The number of piperidine rings is 2. The van der Waals surface area contributed by atoms with Crippen molar-refractivity contribution in [2.75, 3.05) is 36.0 Å². The molecule has 4 heterocycles. The molecule has 2 fully saturated rings. The molecule has 0 N–H and O–H groups in total. The van der Waals surface area contributed by atoms with Crippen LogP contribution in [0.25, 0.3) is 12.2 Å². The van der Waals surface area contributed by atoms with Gasteiger partial charge in [-0.25, -0.2) is 19.9 Å². The summed E-state index contributed by atoms with van der Waals surface area (Å²) in [6.45, 7) is 41.0. The van der Waals surface area contributed by atoms with Crippen molar-refractivity contribution in [3.8, 4) is 0 Å². The van der Waals surface area contributed by atoms with Crippen LogP contribution in [0.1, 0.15) is 170 Å². The van der Waals surface area contributed by atoms with Gasteiger partial charge in [0.25, 0.3) is 0 Å². The highest BCUT2D eigenvalue weighted by Gasteiger charge is 2.22. The number of aromatic nitrogens is 4. The van der Waals surface area contributed by atoms with E-state index >= 15 is 0 Å². The number of hydrogen-bond acceptors (Lipinski definition) is 6. The molecule has 332 valence electrons. The predicted octanol–water partition coefficient (Wildman–Crippen LogP) is 14.5. The SMILES string of the molecule is C.C.CC.CC.CC.CC.CCCc1nc2c(c(N3CCCCC3)n1)C=CC2.CCCc1nc2c(c(N3CCCCC3)n1)CC=C2.C[B]C.C[B]C.C[B]C.C[B]C. The van der Waals surface area contributed by atoms with Crippen LogP contribution in [-0.4, -0.2) is 75.2 Å². The summed E-state index contributed by atoms with van der Waals surface area (Å²) in [6.07, 6.45) is 22.9. The van der Waals surface area contributed by atoms with Gasteiger partial charge in [-0.2, -0.15) is 0 Å². The third kappa shape index (κ3) is 28.8. The molecule has 2 aliphatic heterocycles. The van der Waals surface area contributed by atoms with Crippen molar-refractivity contribution in [1.29, 1.82) is 0 Å². The largest absolute Gasteiger partial charge is 0.356 e. The van der Waals surface area contributed by atoms with Gasteiger partial charge in [-0.3, -0.25) is 0 Å². The average molecular weight is 803 g/mol. The van der Waals surface area contributed by atoms with Gasteiger partial charge in [-0.05, 0) is 63.9 Å². The van der Waals surface area contributed by atoms with Crippen molar-refractivity contribution in [2.24, 2.45) is 0 Å². The fraction of sp³-hybridized carbons (Fsp3) is 0.750. The Morgan fingerprint density at radius 1 is 0.483 bits per heavy atom. The van der Waals surface area contributed by atoms with Crippen LogP contribution in [-0.2, 0) is 25.7 Å². The quantitative estimate of drug-likeness (QED) is 0.271. The van der Waals surface area contributed by atoms with E-state index in [1.54, 1.807) is 0 Å². The topological polar surface area (TPSA) is 58.0 Å². The van der Waals surface area contributed by atoms with E-state index in [1.807, 2.05) is 139 Å². The first-order valence-corrected chi connectivity index (χ1v) is 23.0. The Morgan fingerprint density at radius 2 is 0.845 bits per heavy atom. The predicted molar refractivity (Wildman–Crippen MR) is 278 cm³/mol. The molecular formula is C48H98B4N6. The maximum absolute atomic E-state index is 4.83. The zero-order valence-electron chi connectivity index (χ0n) is 40.6. The van der Waals surface area contributed by atoms with E-state index in [0.717, 1.165) is 82.0 Å². The first kappa shape index (κ1) is 67.3. The summed E-state index contributed by atoms with van der Waals surface area (Å²) in [4.78, 5) is 24.0. The van der Waals surface area contributed by atoms with Crippen molar-refractivity contribution in [3.63, 3.8) is 0 Å². The normalized spacial score (nSPS) is 12.7. The Bertz CT molecular complexity index is 1170. The first-order valence-electron chi connectivity index (χ1n) is 23.0. The molecule has 2 aromatic heterocycles. The van der Waals surface area contributed by atoms with Gasteiger partial charge in [0.2, 0.25) is 0 Å². The maximum atomic E-state index is 4.83. The molecule has 2 aromatic rings. The molecule has 0 spiro atoms. The maximum Gasteiger partial charge on any atom is 0.139 e. The number of nitrogens with zero attached hydrogens (tertiary/aromatic N) is 6. The Morgan fingerprint density at radius 3 is 1.26 bits per heavy atom. The number of hydrogen-bond donors (Lipinski definition) is 0. The summed E-state index contributed by atoms with van der Waals surface area (Å²) in [5.41, 5.74) is 5.01. The van der Waals surface area contributed by atoms with Gasteiger partial charge in [0, 0.05) is 56.6 Å². The third-order valence-electron chi connectivity index (χ3n) is 7.57. The lowest BCUT2D eigenvalue weighted by Gasteiger charge is -2.29. The molecule has 4 radical (unpaired) electrons. The Kier molecular flexibility index (Phi) is 58.7. The van der Waals surface area contributed by atoms with E-state index in [2.05, 4.69) is 52.9 Å².